The third-order valence-electron chi connectivity index (χ3n) is 4.63. The fraction of sp³-hybridized carbons (Fsp3) is 0.238. The van der Waals surface area contributed by atoms with E-state index in [4.69, 9.17) is 9.47 Å². The van der Waals surface area contributed by atoms with Gasteiger partial charge in [0.2, 0.25) is 0 Å². The second-order valence-corrected chi connectivity index (χ2v) is 7.51. The number of aliphatic hydroxyl groups excluding tert-OH is 1. The summed E-state index contributed by atoms with van der Waals surface area (Å²) in [7, 11) is 3.08. The van der Waals surface area contributed by atoms with Gasteiger partial charge in [0.15, 0.2) is 0 Å². The fourth-order valence-corrected chi connectivity index (χ4v) is 3.56. The molecule has 1 amide bonds. The largest absolute Gasteiger partial charge is 0.507 e. The van der Waals surface area contributed by atoms with Gasteiger partial charge in [0, 0.05) is 22.8 Å². The van der Waals surface area contributed by atoms with E-state index in [1.165, 1.54) is 12.0 Å². The summed E-state index contributed by atoms with van der Waals surface area (Å²) in [5, 5.41) is 10.9. The molecule has 28 heavy (non-hydrogen) atoms. The van der Waals surface area contributed by atoms with Crippen LogP contribution in [0, 0.1) is 3.57 Å². The quantitative estimate of drug-likeness (QED) is 0.289. The molecule has 1 fully saturated rings. The summed E-state index contributed by atoms with van der Waals surface area (Å²) in [6.45, 7) is 0.535. The second-order valence-electron chi connectivity index (χ2n) is 6.27. The monoisotopic (exact) mass is 493 g/mol. The average molecular weight is 493 g/mol. The van der Waals surface area contributed by atoms with Crippen LogP contribution in [0.25, 0.3) is 5.76 Å². The van der Waals surface area contributed by atoms with Crippen LogP contribution >= 0.6 is 22.6 Å². The van der Waals surface area contributed by atoms with Gasteiger partial charge in [0.05, 0.1) is 25.3 Å². The van der Waals surface area contributed by atoms with Crippen molar-refractivity contribution in [2.24, 2.45) is 0 Å². The lowest BCUT2D eigenvalue weighted by molar-refractivity contribution is -0.140. The van der Waals surface area contributed by atoms with Crippen molar-refractivity contribution < 1.29 is 24.2 Å². The van der Waals surface area contributed by atoms with Gasteiger partial charge in [-0.1, -0.05) is 12.1 Å². The van der Waals surface area contributed by atoms with E-state index in [2.05, 4.69) is 22.6 Å². The van der Waals surface area contributed by atoms with Gasteiger partial charge < -0.3 is 19.5 Å². The molecule has 2 aromatic carbocycles. The molecule has 6 nitrogen and oxygen atoms in total. The number of methoxy groups -OCH3 is 2. The fourth-order valence-electron chi connectivity index (χ4n) is 3.20. The summed E-state index contributed by atoms with van der Waals surface area (Å²) in [6.07, 6.45) is 0. The zero-order valence-corrected chi connectivity index (χ0v) is 17.7. The van der Waals surface area contributed by atoms with Crippen molar-refractivity contribution in [2.75, 3.05) is 27.4 Å². The number of aliphatic hydroxyl groups is 1. The van der Waals surface area contributed by atoms with Crippen molar-refractivity contribution in [1.29, 1.82) is 0 Å². The lowest BCUT2D eigenvalue weighted by Crippen LogP contribution is -2.32. The highest BCUT2D eigenvalue weighted by molar-refractivity contribution is 14.1. The lowest BCUT2D eigenvalue weighted by atomic mass is 9.95. The minimum absolute atomic E-state index is 0.0764. The Labute approximate surface area is 176 Å². The first-order valence-electron chi connectivity index (χ1n) is 8.65. The van der Waals surface area contributed by atoms with E-state index in [1.807, 2.05) is 24.3 Å². The normalized spacial score (nSPS) is 18.5. The van der Waals surface area contributed by atoms with Crippen molar-refractivity contribution in [2.45, 2.75) is 6.04 Å². The van der Waals surface area contributed by atoms with Crippen LogP contribution in [0.5, 0.6) is 5.75 Å². The average Bonchev–Trinajstić information content (AvgIpc) is 2.97. The molecule has 0 bridgehead atoms. The second kappa shape index (κ2) is 8.74. The van der Waals surface area contributed by atoms with Crippen LogP contribution in [0.4, 0.5) is 0 Å². The zero-order chi connectivity index (χ0) is 20.3. The minimum Gasteiger partial charge on any atom is -0.507 e. The van der Waals surface area contributed by atoms with Gasteiger partial charge in [-0.25, -0.2) is 0 Å². The van der Waals surface area contributed by atoms with Gasteiger partial charge >= 0.3 is 0 Å². The first-order chi connectivity index (χ1) is 13.5. The molecule has 146 valence electrons. The van der Waals surface area contributed by atoms with E-state index in [9.17, 15) is 14.7 Å². The smallest absolute Gasteiger partial charge is 0.295 e. The highest BCUT2D eigenvalue weighted by Gasteiger charge is 2.45. The van der Waals surface area contributed by atoms with Gasteiger partial charge in [-0.15, -0.1) is 0 Å². The number of ketones is 1. The van der Waals surface area contributed by atoms with Crippen molar-refractivity contribution in [3.05, 3.63) is 68.8 Å². The molecule has 7 heteroatoms. The predicted molar refractivity (Wildman–Crippen MR) is 113 cm³/mol. The van der Waals surface area contributed by atoms with Crippen LogP contribution in [0.2, 0.25) is 0 Å². The van der Waals surface area contributed by atoms with E-state index in [0.717, 1.165) is 9.13 Å². The number of hydrogen-bond donors (Lipinski definition) is 1. The number of benzene rings is 2. The number of carbonyl (C=O) groups is 2. The SMILES string of the molecule is COCCN1C(=O)C(=O)/C(=C(/O)c2ccc(OC)cc2)C1c1ccc(I)cc1. The Hall–Kier alpha value is -2.39. The van der Waals surface area contributed by atoms with Crippen molar-refractivity contribution in [1.82, 2.24) is 4.90 Å². The molecular formula is C21H20INO5. The van der Waals surface area contributed by atoms with Crippen LogP contribution in [0.15, 0.2) is 54.1 Å². The Morgan fingerprint density at radius 1 is 1.07 bits per heavy atom. The van der Waals surface area contributed by atoms with E-state index in [0.29, 0.717) is 11.3 Å². The summed E-state index contributed by atoms with van der Waals surface area (Å²) < 4.78 is 11.3. The maximum Gasteiger partial charge on any atom is 0.295 e. The topological polar surface area (TPSA) is 76.1 Å². The van der Waals surface area contributed by atoms with Crippen LogP contribution in [0.1, 0.15) is 17.2 Å². The Balaban J connectivity index is 2.12. The first kappa shape index (κ1) is 20.3. The van der Waals surface area contributed by atoms with Crippen molar-refractivity contribution in [3.63, 3.8) is 0 Å². The summed E-state index contributed by atoms with van der Waals surface area (Å²) in [5.74, 6) is -0.917. The molecule has 1 N–H and O–H groups in total. The molecule has 1 heterocycles. The summed E-state index contributed by atoms with van der Waals surface area (Å²) in [4.78, 5) is 26.9. The third kappa shape index (κ3) is 3.90. The lowest BCUT2D eigenvalue weighted by Gasteiger charge is -2.25. The Bertz CT molecular complexity index is 905. The van der Waals surface area contributed by atoms with E-state index in [-0.39, 0.29) is 24.5 Å². The van der Waals surface area contributed by atoms with E-state index in [1.54, 1.807) is 31.4 Å². The molecule has 2 aromatic rings. The number of amides is 1. The Kier molecular flexibility index (Phi) is 6.35. The number of ether oxygens (including phenoxy) is 2. The molecule has 0 radical (unpaired) electrons. The van der Waals surface area contributed by atoms with Crippen molar-refractivity contribution in [3.8, 4) is 5.75 Å². The number of rotatable bonds is 6. The van der Waals surface area contributed by atoms with Crippen LogP contribution in [-0.4, -0.2) is 49.1 Å². The molecule has 1 atom stereocenters. The standard InChI is InChI=1S/C21H20INO5/c1-27-12-11-23-18(13-3-7-15(22)8-4-13)17(20(25)21(23)26)19(24)14-5-9-16(28-2)10-6-14/h3-10,18,24H,11-12H2,1-2H3/b19-17+. The molecule has 3 rings (SSSR count). The molecular weight excluding hydrogens is 473 g/mol. The summed E-state index contributed by atoms with van der Waals surface area (Å²) in [5.41, 5.74) is 1.28. The Morgan fingerprint density at radius 2 is 1.71 bits per heavy atom. The number of halogens is 1. The summed E-state index contributed by atoms with van der Waals surface area (Å²) in [6, 6.07) is 13.5. The van der Waals surface area contributed by atoms with Gasteiger partial charge in [0.25, 0.3) is 11.7 Å². The molecule has 1 aliphatic rings. The van der Waals surface area contributed by atoms with Crippen molar-refractivity contribution >= 4 is 40.0 Å². The molecule has 1 unspecified atom stereocenters. The number of likely N-dealkylation sites (tertiary alicyclic amines) is 1. The minimum atomic E-state index is -0.701. The third-order valence-corrected chi connectivity index (χ3v) is 5.34. The Morgan fingerprint density at radius 3 is 2.29 bits per heavy atom. The zero-order valence-electron chi connectivity index (χ0n) is 15.5. The van der Waals surface area contributed by atoms with Gasteiger partial charge in [0.1, 0.15) is 11.5 Å². The van der Waals surface area contributed by atoms with Crippen LogP contribution in [0.3, 0.4) is 0 Å². The number of Topliss-reactive ketones (excluding diaryl/α,β-unsaturated/α-hetero) is 1. The highest BCUT2D eigenvalue weighted by Crippen LogP contribution is 2.39. The molecule has 1 saturated heterocycles. The molecule has 0 saturated carbocycles. The maximum absolute atomic E-state index is 12.8. The number of nitrogens with zero attached hydrogens (tertiary/aromatic N) is 1. The van der Waals surface area contributed by atoms with Gasteiger partial charge in [-0.3, -0.25) is 9.59 Å². The molecule has 1 aliphatic heterocycles. The van der Waals surface area contributed by atoms with Gasteiger partial charge in [-0.05, 0) is 64.6 Å². The van der Waals surface area contributed by atoms with E-state index >= 15 is 0 Å². The number of hydrogen-bond acceptors (Lipinski definition) is 5. The summed E-state index contributed by atoms with van der Waals surface area (Å²) >= 11 is 2.19. The van der Waals surface area contributed by atoms with Crippen LogP contribution in [-0.2, 0) is 14.3 Å². The van der Waals surface area contributed by atoms with Gasteiger partial charge in [-0.2, -0.15) is 0 Å². The molecule has 0 spiro atoms. The van der Waals surface area contributed by atoms with Crippen LogP contribution < -0.4 is 4.74 Å². The maximum atomic E-state index is 12.8. The highest BCUT2D eigenvalue weighted by atomic mass is 127. The molecule has 0 aliphatic carbocycles. The first-order valence-corrected chi connectivity index (χ1v) is 9.73. The molecule has 0 aromatic heterocycles. The predicted octanol–water partition coefficient (Wildman–Crippen LogP) is 3.37. The van der Waals surface area contributed by atoms with E-state index < -0.39 is 17.7 Å². The number of carbonyl (C=O) groups excluding carboxylic acids is 2.